The Bertz CT molecular complexity index is 1320. The highest BCUT2D eigenvalue weighted by Crippen LogP contribution is 2.27. The summed E-state index contributed by atoms with van der Waals surface area (Å²) >= 11 is 0. The number of halogens is 2. The molecular weight excluding hydrogens is 428 g/mol. The molecule has 4 aromatic rings. The number of hydrogen-bond donors (Lipinski definition) is 2. The summed E-state index contributed by atoms with van der Waals surface area (Å²) in [5, 5.41) is 3.73. The second-order valence-electron chi connectivity index (χ2n) is 7.86. The molecule has 0 aliphatic carbocycles. The Morgan fingerprint density at radius 2 is 2.00 bits per heavy atom. The molecule has 3 aromatic heterocycles. The van der Waals surface area contributed by atoms with Crippen LogP contribution in [0.1, 0.15) is 27.8 Å². The van der Waals surface area contributed by atoms with Crippen molar-refractivity contribution in [2.24, 2.45) is 0 Å². The first-order valence-corrected chi connectivity index (χ1v) is 10.5. The van der Waals surface area contributed by atoms with Gasteiger partial charge in [0.25, 0.3) is 5.91 Å². The van der Waals surface area contributed by atoms with E-state index in [4.69, 9.17) is 4.74 Å². The fourth-order valence-electron chi connectivity index (χ4n) is 3.96. The minimum absolute atomic E-state index is 0.165. The van der Waals surface area contributed by atoms with Crippen LogP contribution in [0, 0.1) is 18.6 Å². The second-order valence-corrected chi connectivity index (χ2v) is 7.86. The van der Waals surface area contributed by atoms with Gasteiger partial charge in [-0.1, -0.05) is 6.07 Å². The van der Waals surface area contributed by atoms with E-state index in [0.29, 0.717) is 53.7 Å². The van der Waals surface area contributed by atoms with Gasteiger partial charge in [-0.3, -0.25) is 4.79 Å². The molecule has 168 valence electrons. The highest BCUT2D eigenvalue weighted by molar-refractivity contribution is 6.01. The van der Waals surface area contributed by atoms with Crippen molar-refractivity contribution in [1.82, 2.24) is 19.9 Å². The summed E-state index contributed by atoms with van der Waals surface area (Å²) in [5.74, 6) is 0.0749. The summed E-state index contributed by atoms with van der Waals surface area (Å²) < 4.78 is 32.6. The number of aromatic nitrogens is 3. The van der Waals surface area contributed by atoms with E-state index in [-0.39, 0.29) is 11.7 Å². The SMILES string of the molecule is Cc1c(C(=O)N2CCO[C@H](c3cccc(Nc4ccc(F)cn4)n3)C2)[nH]c2ccc(F)cc12. The number of carbonyl (C=O) groups is 1. The van der Waals surface area contributed by atoms with Gasteiger partial charge in [0.15, 0.2) is 0 Å². The van der Waals surface area contributed by atoms with Gasteiger partial charge >= 0.3 is 0 Å². The van der Waals surface area contributed by atoms with Gasteiger partial charge in [0, 0.05) is 17.4 Å². The van der Waals surface area contributed by atoms with E-state index in [1.165, 1.54) is 24.3 Å². The van der Waals surface area contributed by atoms with Gasteiger partial charge in [-0.25, -0.2) is 18.7 Å². The van der Waals surface area contributed by atoms with Crippen LogP contribution in [-0.2, 0) is 4.74 Å². The van der Waals surface area contributed by atoms with Gasteiger partial charge in [0.1, 0.15) is 35.1 Å². The lowest BCUT2D eigenvalue weighted by Gasteiger charge is -2.32. The number of carbonyl (C=O) groups excluding carboxylic acids is 1. The molecule has 0 unspecified atom stereocenters. The van der Waals surface area contributed by atoms with Gasteiger partial charge in [-0.15, -0.1) is 0 Å². The van der Waals surface area contributed by atoms with E-state index in [2.05, 4.69) is 20.3 Å². The van der Waals surface area contributed by atoms with Crippen LogP contribution in [0.4, 0.5) is 20.4 Å². The second kappa shape index (κ2) is 8.59. The number of fused-ring (bicyclic) bond motifs is 1. The monoisotopic (exact) mass is 449 g/mol. The summed E-state index contributed by atoms with van der Waals surface area (Å²) in [6.45, 7) is 2.94. The quantitative estimate of drug-likeness (QED) is 0.479. The van der Waals surface area contributed by atoms with Crippen molar-refractivity contribution < 1.29 is 18.3 Å². The van der Waals surface area contributed by atoms with Gasteiger partial charge in [0.05, 0.1) is 25.0 Å². The summed E-state index contributed by atoms with van der Waals surface area (Å²) in [5.41, 5.74) is 2.54. The average Bonchev–Trinajstić information content (AvgIpc) is 3.16. The lowest BCUT2D eigenvalue weighted by molar-refractivity contribution is -0.0248. The van der Waals surface area contributed by atoms with Crippen molar-refractivity contribution >= 4 is 28.4 Å². The highest BCUT2D eigenvalue weighted by Gasteiger charge is 2.29. The summed E-state index contributed by atoms with van der Waals surface area (Å²) in [6.07, 6.45) is 0.716. The predicted molar refractivity (Wildman–Crippen MR) is 119 cm³/mol. The third-order valence-electron chi connectivity index (χ3n) is 5.67. The maximum atomic E-state index is 13.7. The highest BCUT2D eigenvalue weighted by atomic mass is 19.1. The Labute approximate surface area is 188 Å². The molecule has 5 rings (SSSR count). The number of aryl methyl sites for hydroxylation is 1. The fraction of sp³-hybridized carbons (Fsp3) is 0.208. The van der Waals surface area contributed by atoms with Gasteiger partial charge in [0.2, 0.25) is 0 Å². The molecule has 0 bridgehead atoms. The molecule has 0 saturated carbocycles. The number of H-pyrrole nitrogens is 1. The van der Waals surface area contributed by atoms with Crippen molar-refractivity contribution in [3.8, 4) is 0 Å². The van der Waals surface area contributed by atoms with E-state index in [0.717, 1.165) is 11.7 Å². The molecule has 1 fully saturated rings. The number of anilines is 2. The zero-order valence-corrected chi connectivity index (χ0v) is 17.8. The Balaban J connectivity index is 1.34. The molecule has 2 N–H and O–H groups in total. The van der Waals surface area contributed by atoms with Gasteiger partial charge in [-0.2, -0.15) is 0 Å². The van der Waals surface area contributed by atoms with E-state index in [9.17, 15) is 13.6 Å². The maximum Gasteiger partial charge on any atom is 0.270 e. The number of pyridine rings is 2. The van der Waals surface area contributed by atoms with Crippen LogP contribution in [0.3, 0.4) is 0 Å². The topological polar surface area (TPSA) is 83.1 Å². The van der Waals surface area contributed by atoms with Crippen LogP contribution in [0.2, 0.25) is 0 Å². The fourth-order valence-corrected chi connectivity index (χ4v) is 3.96. The molecule has 1 aromatic carbocycles. The molecule has 0 spiro atoms. The third-order valence-corrected chi connectivity index (χ3v) is 5.67. The smallest absolute Gasteiger partial charge is 0.270 e. The molecule has 9 heteroatoms. The molecule has 33 heavy (non-hydrogen) atoms. The first-order chi connectivity index (χ1) is 16.0. The number of ether oxygens (including phenoxy) is 1. The Morgan fingerprint density at radius 3 is 2.82 bits per heavy atom. The first-order valence-electron chi connectivity index (χ1n) is 10.5. The third kappa shape index (κ3) is 4.27. The van der Waals surface area contributed by atoms with E-state index in [1.54, 1.807) is 17.0 Å². The van der Waals surface area contributed by atoms with E-state index in [1.807, 2.05) is 19.1 Å². The number of hydrogen-bond acceptors (Lipinski definition) is 5. The number of nitrogens with one attached hydrogen (secondary N) is 2. The zero-order valence-electron chi connectivity index (χ0n) is 17.8. The van der Waals surface area contributed by atoms with Crippen LogP contribution < -0.4 is 5.32 Å². The standard InChI is InChI=1S/C24H21F2N5O2/c1-14-17-11-15(25)5-7-18(17)29-23(14)24(32)31-9-10-33-20(13-31)19-3-2-4-22(28-19)30-21-8-6-16(26)12-27-21/h2-8,11-12,20,29H,9-10,13H2,1H3,(H,27,28,30)/t20-/m0/s1. The minimum Gasteiger partial charge on any atom is -0.368 e. The van der Waals surface area contributed by atoms with Crippen molar-refractivity contribution in [3.63, 3.8) is 0 Å². The molecule has 1 aliphatic rings. The van der Waals surface area contributed by atoms with Crippen molar-refractivity contribution in [1.29, 1.82) is 0 Å². The number of benzene rings is 1. The van der Waals surface area contributed by atoms with Crippen LogP contribution in [0.15, 0.2) is 54.7 Å². The van der Waals surface area contributed by atoms with Crippen molar-refractivity contribution in [3.05, 3.63) is 83.3 Å². The lowest BCUT2D eigenvalue weighted by Crippen LogP contribution is -2.42. The van der Waals surface area contributed by atoms with Crippen molar-refractivity contribution in [2.75, 3.05) is 25.0 Å². The molecule has 1 amide bonds. The number of morpholine rings is 1. The van der Waals surface area contributed by atoms with Gasteiger partial charge < -0.3 is 19.9 Å². The number of nitrogens with zero attached hydrogens (tertiary/aromatic N) is 3. The molecule has 0 radical (unpaired) electrons. The number of rotatable bonds is 4. The normalized spacial score (nSPS) is 16.2. The summed E-state index contributed by atoms with van der Waals surface area (Å²) in [4.78, 5) is 26.7. The zero-order chi connectivity index (χ0) is 22.9. The van der Waals surface area contributed by atoms with E-state index < -0.39 is 11.9 Å². The molecule has 1 aliphatic heterocycles. The molecular formula is C24H21F2N5O2. The molecule has 7 nitrogen and oxygen atoms in total. The maximum absolute atomic E-state index is 13.7. The Kier molecular flexibility index (Phi) is 5.47. The predicted octanol–water partition coefficient (Wildman–Crippen LogP) is 4.50. The summed E-state index contributed by atoms with van der Waals surface area (Å²) in [7, 11) is 0. The van der Waals surface area contributed by atoms with Gasteiger partial charge in [-0.05, 0) is 55.0 Å². The molecule has 1 saturated heterocycles. The summed E-state index contributed by atoms with van der Waals surface area (Å²) in [6, 6.07) is 12.7. The average molecular weight is 449 g/mol. The minimum atomic E-state index is -0.419. The number of amides is 1. The Hall–Kier alpha value is -3.85. The Morgan fingerprint density at radius 1 is 1.15 bits per heavy atom. The number of aromatic amines is 1. The molecule has 4 heterocycles. The van der Waals surface area contributed by atoms with E-state index >= 15 is 0 Å². The van der Waals surface area contributed by atoms with Crippen LogP contribution in [0.25, 0.3) is 10.9 Å². The van der Waals surface area contributed by atoms with Crippen LogP contribution in [0.5, 0.6) is 0 Å². The van der Waals surface area contributed by atoms with Crippen LogP contribution in [-0.4, -0.2) is 45.5 Å². The first kappa shape index (κ1) is 21.0. The van der Waals surface area contributed by atoms with Crippen molar-refractivity contribution in [2.45, 2.75) is 13.0 Å². The molecule has 1 atom stereocenters. The largest absolute Gasteiger partial charge is 0.368 e. The lowest BCUT2D eigenvalue weighted by atomic mass is 10.1. The van der Waals surface area contributed by atoms with Crippen LogP contribution >= 0.6 is 0 Å².